The van der Waals surface area contributed by atoms with Crippen LogP contribution in [0.15, 0.2) is 48.5 Å². The number of nitro benzene ring substituents is 1. The first-order valence-electron chi connectivity index (χ1n) is 7.44. The van der Waals surface area contributed by atoms with E-state index in [9.17, 15) is 24.5 Å². The largest absolute Gasteiger partial charge is 0.430 e. The summed E-state index contributed by atoms with van der Waals surface area (Å²) in [6, 6.07) is 11.0. The van der Waals surface area contributed by atoms with Crippen LogP contribution in [0.3, 0.4) is 0 Å². The number of hydrogen-bond acceptors (Lipinski definition) is 6. The Kier molecular flexibility index (Phi) is 3.91. The Bertz CT molecular complexity index is 957. The highest BCUT2D eigenvalue weighted by Crippen LogP contribution is 2.42. The fourth-order valence-corrected chi connectivity index (χ4v) is 2.86. The van der Waals surface area contributed by atoms with E-state index in [0.717, 1.165) is 6.07 Å². The number of benzene rings is 2. The maximum Gasteiger partial charge on any atom is 0.340 e. The van der Waals surface area contributed by atoms with Gasteiger partial charge in [0.15, 0.2) is 0 Å². The number of rotatable bonds is 4. The second kappa shape index (κ2) is 5.96. The van der Waals surface area contributed by atoms with Gasteiger partial charge in [-0.05, 0) is 12.1 Å². The van der Waals surface area contributed by atoms with Gasteiger partial charge in [-0.3, -0.25) is 19.7 Å². The van der Waals surface area contributed by atoms with E-state index in [4.69, 9.17) is 10.5 Å². The summed E-state index contributed by atoms with van der Waals surface area (Å²) in [6.07, 6.45) is 0. The number of amides is 2. The molecule has 0 bridgehead atoms. The van der Waals surface area contributed by atoms with E-state index in [1.54, 1.807) is 18.2 Å². The average molecular weight is 355 g/mol. The van der Waals surface area contributed by atoms with Crippen LogP contribution < -0.4 is 10.6 Å². The molecule has 0 aliphatic carbocycles. The van der Waals surface area contributed by atoms with Gasteiger partial charge in [0, 0.05) is 24.7 Å². The van der Waals surface area contributed by atoms with E-state index >= 15 is 0 Å². The van der Waals surface area contributed by atoms with Gasteiger partial charge in [0.2, 0.25) is 0 Å². The molecule has 0 saturated carbocycles. The SMILES string of the molecule is CN1C(=O)C(OC(=O)c2cccc([N+](=O)[O-])c2)(C(N)=O)c2ccccc21. The molecule has 1 aliphatic heterocycles. The molecular weight excluding hydrogens is 342 g/mol. The van der Waals surface area contributed by atoms with Gasteiger partial charge >= 0.3 is 5.97 Å². The molecule has 0 aromatic heterocycles. The van der Waals surface area contributed by atoms with Crippen LogP contribution in [-0.4, -0.2) is 29.8 Å². The van der Waals surface area contributed by atoms with E-state index in [0.29, 0.717) is 5.69 Å². The molecule has 2 aromatic carbocycles. The number of non-ortho nitro benzene ring substituents is 1. The van der Waals surface area contributed by atoms with Gasteiger partial charge < -0.3 is 15.4 Å². The number of ether oxygens (including phenoxy) is 1. The van der Waals surface area contributed by atoms with Crippen molar-refractivity contribution in [2.45, 2.75) is 5.60 Å². The number of anilines is 1. The van der Waals surface area contributed by atoms with Gasteiger partial charge in [-0.2, -0.15) is 0 Å². The number of nitrogens with two attached hydrogens (primary N) is 1. The summed E-state index contributed by atoms with van der Waals surface area (Å²) in [5.74, 6) is -3.05. The summed E-state index contributed by atoms with van der Waals surface area (Å²) < 4.78 is 5.26. The Morgan fingerprint density at radius 2 is 1.88 bits per heavy atom. The van der Waals surface area contributed by atoms with Crippen molar-refractivity contribution in [3.05, 3.63) is 69.8 Å². The van der Waals surface area contributed by atoms with Crippen LogP contribution in [0.2, 0.25) is 0 Å². The van der Waals surface area contributed by atoms with Gasteiger partial charge in [-0.25, -0.2) is 4.79 Å². The molecule has 0 spiro atoms. The molecule has 1 heterocycles. The number of nitro groups is 1. The van der Waals surface area contributed by atoms with Crippen molar-refractivity contribution in [1.29, 1.82) is 0 Å². The third-order valence-electron chi connectivity index (χ3n) is 4.14. The molecule has 26 heavy (non-hydrogen) atoms. The van der Waals surface area contributed by atoms with Crippen molar-refractivity contribution in [2.24, 2.45) is 5.73 Å². The first-order valence-corrected chi connectivity index (χ1v) is 7.44. The maximum absolute atomic E-state index is 12.7. The standard InChI is InChI=1S/C17H13N3O6/c1-19-13-8-3-2-7-12(13)17(15(18)22,16(19)23)26-14(21)10-5-4-6-11(9-10)20(24)25/h2-9H,1H3,(H2,18,22). The number of para-hydroxylation sites is 1. The smallest absolute Gasteiger partial charge is 0.340 e. The van der Waals surface area contributed by atoms with Crippen molar-refractivity contribution in [1.82, 2.24) is 0 Å². The van der Waals surface area contributed by atoms with Crippen molar-refractivity contribution in [3.63, 3.8) is 0 Å². The van der Waals surface area contributed by atoms with E-state index in [-0.39, 0.29) is 16.8 Å². The first kappa shape index (κ1) is 17.1. The lowest BCUT2D eigenvalue weighted by atomic mass is 9.94. The predicted molar refractivity (Wildman–Crippen MR) is 89.2 cm³/mol. The van der Waals surface area contributed by atoms with Crippen LogP contribution in [0.1, 0.15) is 15.9 Å². The lowest BCUT2D eigenvalue weighted by Gasteiger charge is -2.24. The first-order chi connectivity index (χ1) is 12.3. The molecule has 0 saturated heterocycles. The number of primary amides is 1. The van der Waals surface area contributed by atoms with Crippen LogP contribution in [0.4, 0.5) is 11.4 Å². The number of carbonyl (C=O) groups is 3. The van der Waals surface area contributed by atoms with Crippen molar-refractivity contribution >= 4 is 29.2 Å². The van der Waals surface area contributed by atoms with Crippen LogP contribution in [0.5, 0.6) is 0 Å². The fourth-order valence-electron chi connectivity index (χ4n) is 2.86. The summed E-state index contributed by atoms with van der Waals surface area (Å²) in [7, 11) is 1.42. The summed E-state index contributed by atoms with van der Waals surface area (Å²) in [5, 5.41) is 10.9. The maximum atomic E-state index is 12.7. The minimum absolute atomic E-state index is 0.138. The number of hydrogen-bond donors (Lipinski definition) is 1. The van der Waals surface area contributed by atoms with Crippen molar-refractivity contribution in [2.75, 3.05) is 11.9 Å². The minimum atomic E-state index is -2.33. The van der Waals surface area contributed by atoms with Crippen molar-refractivity contribution < 1.29 is 24.0 Å². The fraction of sp³-hybridized carbons (Fsp3) is 0.118. The Balaban J connectivity index is 2.07. The number of esters is 1. The van der Waals surface area contributed by atoms with Gasteiger partial charge in [0.25, 0.3) is 23.1 Å². The summed E-state index contributed by atoms with van der Waals surface area (Å²) >= 11 is 0. The molecule has 2 N–H and O–H groups in total. The molecular formula is C17H13N3O6. The van der Waals surface area contributed by atoms with Crippen LogP contribution >= 0.6 is 0 Å². The molecule has 0 radical (unpaired) electrons. The Morgan fingerprint density at radius 1 is 1.19 bits per heavy atom. The molecule has 1 atom stereocenters. The highest BCUT2D eigenvalue weighted by Gasteiger charge is 2.58. The summed E-state index contributed by atoms with van der Waals surface area (Å²) in [4.78, 5) is 48.8. The van der Waals surface area contributed by atoms with E-state index in [2.05, 4.69) is 0 Å². The third kappa shape index (κ3) is 2.37. The van der Waals surface area contributed by atoms with Gasteiger partial charge in [0.05, 0.1) is 16.2 Å². The van der Waals surface area contributed by atoms with Crippen LogP contribution in [0.25, 0.3) is 0 Å². The van der Waals surface area contributed by atoms with Crippen LogP contribution in [0, 0.1) is 10.1 Å². The quantitative estimate of drug-likeness (QED) is 0.378. The zero-order chi connectivity index (χ0) is 19.1. The van der Waals surface area contributed by atoms with Crippen molar-refractivity contribution in [3.8, 4) is 0 Å². The van der Waals surface area contributed by atoms with Gasteiger partial charge in [-0.1, -0.05) is 24.3 Å². The highest BCUT2D eigenvalue weighted by molar-refractivity contribution is 6.21. The zero-order valence-corrected chi connectivity index (χ0v) is 13.5. The highest BCUT2D eigenvalue weighted by atomic mass is 16.6. The van der Waals surface area contributed by atoms with Crippen LogP contribution in [-0.2, 0) is 19.9 Å². The normalized spacial score (nSPS) is 18.3. The lowest BCUT2D eigenvalue weighted by molar-refractivity contribution is -0.384. The number of carbonyl (C=O) groups excluding carboxylic acids is 3. The topological polar surface area (TPSA) is 133 Å². The van der Waals surface area contributed by atoms with E-state index < -0.39 is 28.3 Å². The molecule has 3 rings (SSSR count). The molecule has 9 nitrogen and oxygen atoms in total. The third-order valence-corrected chi connectivity index (χ3v) is 4.14. The monoisotopic (exact) mass is 355 g/mol. The number of nitrogens with zero attached hydrogens (tertiary/aromatic N) is 2. The summed E-state index contributed by atoms with van der Waals surface area (Å²) in [5.41, 5.74) is 3.11. The minimum Gasteiger partial charge on any atom is -0.430 e. The molecule has 0 fully saturated rings. The zero-order valence-electron chi connectivity index (χ0n) is 13.5. The Hall–Kier alpha value is -3.75. The second-order valence-electron chi connectivity index (χ2n) is 5.62. The second-order valence-corrected chi connectivity index (χ2v) is 5.62. The average Bonchev–Trinajstić information content (AvgIpc) is 2.85. The molecule has 1 unspecified atom stereocenters. The van der Waals surface area contributed by atoms with E-state index in [1.165, 1.54) is 36.2 Å². The molecule has 2 aromatic rings. The predicted octanol–water partition coefficient (Wildman–Crippen LogP) is 1.11. The van der Waals surface area contributed by atoms with E-state index in [1.807, 2.05) is 0 Å². The lowest BCUT2D eigenvalue weighted by Crippen LogP contribution is -2.52. The molecule has 2 amide bonds. The molecule has 1 aliphatic rings. The number of fused-ring (bicyclic) bond motifs is 1. The van der Waals surface area contributed by atoms with Gasteiger partial charge in [-0.15, -0.1) is 0 Å². The molecule has 9 heteroatoms. The van der Waals surface area contributed by atoms with Gasteiger partial charge in [0.1, 0.15) is 0 Å². The molecule has 132 valence electrons. The summed E-state index contributed by atoms with van der Waals surface area (Å²) in [6.45, 7) is 0. The Morgan fingerprint density at radius 3 is 2.54 bits per heavy atom. The Labute approximate surface area is 147 Å². The number of likely N-dealkylation sites (N-methyl/N-ethyl adjacent to an activating group) is 1.